The Morgan fingerprint density at radius 1 is 0.774 bits per heavy atom. The molecule has 156 valence electrons. The summed E-state index contributed by atoms with van der Waals surface area (Å²) in [5, 5.41) is 3.20. The normalized spacial score (nSPS) is 13.7. The van der Waals surface area contributed by atoms with Crippen molar-refractivity contribution in [3.63, 3.8) is 0 Å². The molecule has 0 aliphatic carbocycles. The van der Waals surface area contributed by atoms with Crippen molar-refractivity contribution >= 4 is 28.8 Å². The molecule has 3 aromatic carbocycles. The van der Waals surface area contributed by atoms with Crippen LogP contribution in [0.15, 0.2) is 72.4 Å². The molecule has 0 spiro atoms. The minimum atomic E-state index is -0.384. The standard InChI is InChI=1S/C26H24N2O3/c1-16-5-8-19(9-6-16)27-24-23(22-14-7-17(2)15-18(22)3)25(29)28(26(24)30)20-10-12-21(31-4)13-11-20/h5-15,27H,1-4H3. The summed E-state index contributed by atoms with van der Waals surface area (Å²) in [5.41, 5.74) is 5.79. The molecule has 31 heavy (non-hydrogen) atoms. The Labute approximate surface area is 182 Å². The van der Waals surface area contributed by atoms with Crippen LogP contribution in [-0.2, 0) is 9.59 Å². The third-order valence-corrected chi connectivity index (χ3v) is 5.39. The summed E-state index contributed by atoms with van der Waals surface area (Å²) in [6.45, 7) is 5.95. The maximum Gasteiger partial charge on any atom is 0.282 e. The first kappa shape index (κ1) is 20.4. The van der Waals surface area contributed by atoms with Crippen molar-refractivity contribution in [2.75, 3.05) is 17.3 Å². The Balaban J connectivity index is 1.82. The number of imide groups is 1. The molecule has 2 amide bonds. The first-order valence-corrected chi connectivity index (χ1v) is 10.1. The second-order valence-electron chi connectivity index (χ2n) is 7.70. The van der Waals surface area contributed by atoms with Gasteiger partial charge in [-0.1, -0.05) is 41.5 Å². The van der Waals surface area contributed by atoms with Crippen molar-refractivity contribution in [3.05, 3.63) is 94.7 Å². The molecular weight excluding hydrogens is 388 g/mol. The summed E-state index contributed by atoms with van der Waals surface area (Å²) >= 11 is 0. The van der Waals surface area contributed by atoms with E-state index in [1.807, 2.05) is 63.2 Å². The van der Waals surface area contributed by atoms with Gasteiger partial charge in [-0.3, -0.25) is 9.59 Å². The van der Waals surface area contributed by atoms with Crippen LogP contribution in [0.2, 0.25) is 0 Å². The van der Waals surface area contributed by atoms with Gasteiger partial charge in [-0.25, -0.2) is 4.90 Å². The number of carbonyl (C=O) groups is 2. The molecule has 0 saturated heterocycles. The Morgan fingerprint density at radius 3 is 2.03 bits per heavy atom. The van der Waals surface area contributed by atoms with E-state index in [0.717, 1.165) is 27.9 Å². The van der Waals surface area contributed by atoms with Gasteiger partial charge in [0.25, 0.3) is 11.8 Å². The highest BCUT2D eigenvalue weighted by Gasteiger charge is 2.40. The molecule has 0 radical (unpaired) electrons. The highest BCUT2D eigenvalue weighted by atomic mass is 16.5. The van der Waals surface area contributed by atoms with E-state index in [2.05, 4.69) is 5.32 Å². The number of anilines is 2. The Kier molecular flexibility index (Phi) is 5.34. The molecule has 1 N–H and O–H groups in total. The lowest BCUT2D eigenvalue weighted by atomic mass is 9.97. The van der Waals surface area contributed by atoms with Crippen LogP contribution in [-0.4, -0.2) is 18.9 Å². The molecule has 1 aliphatic rings. The zero-order chi connectivity index (χ0) is 22.1. The van der Waals surface area contributed by atoms with Crippen LogP contribution in [0.4, 0.5) is 11.4 Å². The van der Waals surface area contributed by atoms with E-state index in [1.165, 1.54) is 4.90 Å². The number of benzene rings is 3. The molecule has 0 aromatic heterocycles. The molecule has 1 heterocycles. The monoisotopic (exact) mass is 412 g/mol. The molecule has 4 rings (SSSR count). The number of rotatable bonds is 5. The number of ether oxygens (including phenoxy) is 1. The summed E-state index contributed by atoms with van der Waals surface area (Å²) in [4.78, 5) is 28.2. The molecule has 5 nitrogen and oxygen atoms in total. The van der Waals surface area contributed by atoms with Crippen molar-refractivity contribution in [2.45, 2.75) is 20.8 Å². The molecule has 0 fully saturated rings. The van der Waals surface area contributed by atoms with Gasteiger partial charge in [-0.2, -0.15) is 0 Å². The maximum atomic E-state index is 13.5. The van der Waals surface area contributed by atoms with E-state index in [9.17, 15) is 9.59 Å². The Bertz CT molecular complexity index is 1190. The number of carbonyl (C=O) groups excluding carboxylic acids is 2. The summed E-state index contributed by atoms with van der Waals surface area (Å²) in [6.07, 6.45) is 0. The lowest BCUT2D eigenvalue weighted by Crippen LogP contribution is -2.32. The van der Waals surface area contributed by atoms with Crippen LogP contribution in [0.3, 0.4) is 0 Å². The third-order valence-electron chi connectivity index (χ3n) is 5.39. The van der Waals surface area contributed by atoms with Gasteiger partial charge in [0.1, 0.15) is 11.4 Å². The zero-order valence-electron chi connectivity index (χ0n) is 18.0. The first-order valence-electron chi connectivity index (χ1n) is 10.1. The highest BCUT2D eigenvalue weighted by molar-refractivity contribution is 6.46. The average Bonchev–Trinajstić information content (AvgIpc) is 2.99. The molecule has 0 unspecified atom stereocenters. The smallest absolute Gasteiger partial charge is 0.282 e. The summed E-state index contributed by atoms with van der Waals surface area (Å²) in [7, 11) is 1.57. The fourth-order valence-electron chi connectivity index (χ4n) is 3.74. The van der Waals surface area contributed by atoms with Gasteiger partial charge < -0.3 is 10.1 Å². The molecular formula is C26H24N2O3. The van der Waals surface area contributed by atoms with Crippen LogP contribution in [0.1, 0.15) is 22.3 Å². The molecule has 5 heteroatoms. The molecule has 0 saturated carbocycles. The number of aryl methyl sites for hydroxylation is 3. The van der Waals surface area contributed by atoms with Crippen molar-refractivity contribution in [1.82, 2.24) is 0 Å². The minimum absolute atomic E-state index is 0.275. The van der Waals surface area contributed by atoms with Gasteiger partial charge in [-0.05, 0) is 68.3 Å². The van der Waals surface area contributed by atoms with Crippen molar-refractivity contribution in [1.29, 1.82) is 0 Å². The van der Waals surface area contributed by atoms with Gasteiger partial charge in [0.05, 0.1) is 18.4 Å². The topological polar surface area (TPSA) is 58.6 Å². The first-order chi connectivity index (χ1) is 14.9. The van der Waals surface area contributed by atoms with Gasteiger partial charge in [0.2, 0.25) is 0 Å². The van der Waals surface area contributed by atoms with Gasteiger partial charge in [-0.15, -0.1) is 0 Å². The van der Waals surface area contributed by atoms with Gasteiger partial charge in [0, 0.05) is 5.69 Å². The number of methoxy groups -OCH3 is 1. The van der Waals surface area contributed by atoms with E-state index in [0.29, 0.717) is 17.0 Å². The Morgan fingerprint density at radius 2 is 1.42 bits per heavy atom. The predicted octanol–water partition coefficient (Wildman–Crippen LogP) is 5.02. The van der Waals surface area contributed by atoms with Gasteiger partial charge in [0.15, 0.2) is 0 Å². The fourth-order valence-corrected chi connectivity index (χ4v) is 3.74. The largest absolute Gasteiger partial charge is 0.497 e. The predicted molar refractivity (Wildman–Crippen MR) is 123 cm³/mol. The van der Waals surface area contributed by atoms with E-state index < -0.39 is 0 Å². The van der Waals surface area contributed by atoms with Crippen molar-refractivity contribution in [2.24, 2.45) is 0 Å². The molecule has 1 aliphatic heterocycles. The van der Waals surface area contributed by atoms with Crippen LogP contribution in [0.25, 0.3) is 5.57 Å². The summed E-state index contributed by atoms with van der Waals surface area (Å²) in [6, 6.07) is 20.5. The van der Waals surface area contributed by atoms with Crippen molar-refractivity contribution in [3.8, 4) is 5.75 Å². The highest BCUT2D eigenvalue weighted by Crippen LogP contribution is 2.35. The van der Waals surface area contributed by atoms with E-state index in [-0.39, 0.29) is 17.5 Å². The SMILES string of the molecule is COc1ccc(N2C(=O)C(Nc3ccc(C)cc3)=C(c3ccc(C)cc3C)C2=O)cc1. The van der Waals surface area contributed by atoms with Crippen LogP contribution in [0.5, 0.6) is 5.75 Å². The lowest BCUT2D eigenvalue weighted by Gasteiger charge is -2.16. The molecule has 0 bridgehead atoms. The number of nitrogens with zero attached hydrogens (tertiary/aromatic N) is 1. The van der Waals surface area contributed by atoms with Crippen molar-refractivity contribution < 1.29 is 14.3 Å². The second kappa shape index (κ2) is 8.11. The second-order valence-corrected chi connectivity index (χ2v) is 7.70. The Hall–Kier alpha value is -3.86. The van der Waals surface area contributed by atoms with E-state index in [4.69, 9.17) is 4.74 Å². The lowest BCUT2D eigenvalue weighted by molar-refractivity contribution is -0.120. The number of nitrogens with one attached hydrogen (secondary N) is 1. The van der Waals surface area contributed by atoms with E-state index >= 15 is 0 Å². The van der Waals surface area contributed by atoms with Crippen LogP contribution >= 0.6 is 0 Å². The zero-order valence-corrected chi connectivity index (χ0v) is 18.0. The van der Waals surface area contributed by atoms with E-state index in [1.54, 1.807) is 31.4 Å². The number of hydrogen-bond donors (Lipinski definition) is 1. The fraction of sp³-hybridized carbons (Fsp3) is 0.154. The quantitative estimate of drug-likeness (QED) is 0.598. The number of amides is 2. The molecule has 3 aromatic rings. The summed E-state index contributed by atoms with van der Waals surface area (Å²) < 4.78 is 5.20. The average molecular weight is 412 g/mol. The maximum absolute atomic E-state index is 13.5. The minimum Gasteiger partial charge on any atom is -0.497 e. The van der Waals surface area contributed by atoms with Crippen LogP contribution < -0.4 is 15.0 Å². The summed E-state index contributed by atoms with van der Waals surface area (Å²) in [5.74, 6) is -0.0779. The number of hydrogen-bond acceptors (Lipinski definition) is 4. The van der Waals surface area contributed by atoms with Gasteiger partial charge >= 0.3 is 0 Å². The molecule has 0 atom stereocenters. The third kappa shape index (κ3) is 3.82. The van der Waals surface area contributed by atoms with Crippen LogP contribution in [0, 0.1) is 20.8 Å².